The van der Waals surface area contributed by atoms with Gasteiger partial charge in [0.1, 0.15) is 0 Å². The molecule has 88 valence electrons. The lowest BCUT2D eigenvalue weighted by atomic mass is 10.2. The average Bonchev–Trinajstić information content (AvgIpc) is 2.35. The first-order valence-corrected chi connectivity index (χ1v) is 5.92. The fraction of sp³-hybridized carbons (Fsp3) is 0.143. The van der Waals surface area contributed by atoms with Gasteiger partial charge in [-0.15, -0.1) is 0 Å². The zero-order valence-corrected chi connectivity index (χ0v) is 10.5. The number of nitrogens with one attached hydrogen (secondary N) is 2. The lowest BCUT2D eigenvalue weighted by Crippen LogP contribution is -2.20. The highest BCUT2D eigenvalue weighted by Crippen LogP contribution is 2.18. The number of hydrazine groups is 1. The van der Waals surface area contributed by atoms with Crippen LogP contribution < -0.4 is 10.9 Å². The highest BCUT2D eigenvalue weighted by molar-refractivity contribution is 6.31. The van der Waals surface area contributed by atoms with Gasteiger partial charge in [0.25, 0.3) is 0 Å². The smallest absolute Gasteiger partial charge is 0.0491 e. The molecule has 0 unspecified atom stereocenters. The van der Waals surface area contributed by atoms with Gasteiger partial charge in [0, 0.05) is 17.3 Å². The molecule has 2 aromatic rings. The van der Waals surface area contributed by atoms with E-state index >= 15 is 0 Å². The molecule has 2 nitrogen and oxygen atoms in total. The molecule has 0 aliphatic carbocycles. The molecule has 0 bridgehead atoms. The van der Waals surface area contributed by atoms with Gasteiger partial charge in [-0.2, -0.15) is 0 Å². The third kappa shape index (κ3) is 3.48. The van der Waals surface area contributed by atoms with Gasteiger partial charge < -0.3 is 5.43 Å². The molecule has 0 heterocycles. The molecule has 17 heavy (non-hydrogen) atoms. The van der Waals surface area contributed by atoms with Crippen LogP contribution in [0.4, 0.5) is 5.69 Å². The Morgan fingerprint density at radius 2 is 1.82 bits per heavy atom. The summed E-state index contributed by atoms with van der Waals surface area (Å²) in [5.74, 6) is 0. The second-order valence-electron chi connectivity index (χ2n) is 3.93. The molecule has 2 aromatic carbocycles. The summed E-state index contributed by atoms with van der Waals surface area (Å²) in [4.78, 5) is 0. The molecule has 0 aliphatic rings. The maximum Gasteiger partial charge on any atom is 0.0491 e. The molecule has 3 heteroatoms. The van der Waals surface area contributed by atoms with Crippen LogP contribution in [0, 0.1) is 6.92 Å². The van der Waals surface area contributed by atoms with Crippen LogP contribution in [0.25, 0.3) is 0 Å². The second-order valence-corrected chi connectivity index (χ2v) is 4.34. The van der Waals surface area contributed by atoms with E-state index < -0.39 is 0 Å². The molecule has 2 rings (SSSR count). The molecular formula is C14H15ClN2. The Morgan fingerprint density at radius 3 is 2.53 bits per heavy atom. The van der Waals surface area contributed by atoms with Crippen molar-refractivity contribution < 1.29 is 0 Å². The molecule has 0 fully saturated rings. The van der Waals surface area contributed by atoms with Gasteiger partial charge in [0.05, 0.1) is 0 Å². The fourth-order valence-electron chi connectivity index (χ4n) is 1.57. The third-order valence-electron chi connectivity index (χ3n) is 2.53. The Morgan fingerprint density at radius 1 is 1.06 bits per heavy atom. The van der Waals surface area contributed by atoms with Gasteiger partial charge in [-0.3, -0.25) is 0 Å². The SMILES string of the molecule is Cc1cc(NNCc2ccccc2)ccc1Cl. The quantitative estimate of drug-likeness (QED) is 0.803. The fourth-order valence-corrected chi connectivity index (χ4v) is 1.68. The Labute approximate surface area is 107 Å². The first-order chi connectivity index (χ1) is 8.25. The van der Waals surface area contributed by atoms with E-state index in [9.17, 15) is 0 Å². The molecule has 0 radical (unpaired) electrons. The number of halogens is 1. The lowest BCUT2D eigenvalue weighted by molar-refractivity contribution is 0.801. The maximum atomic E-state index is 5.96. The van der Waals surface area contributed by atoms with Crippen molar-refractivity contribution in [1.29, 1.82) is 0 Å². The van der Waals surface area contributed by atoms with Gasteiger partial charge in [0.15, 0.2) is 0 Å². The topological polar surface area (TPSA) is 24.1 Å². The van der Waals surface area contributed by atoms with Crippen LogP contribution in [0.5, 0.6) is 0 Å². The van der Waals surface area contributed by atoms with E-state index in [0.29, 0.717) is 0 Å². The van der Waals surface area contributed by atoms with Gasteiger partial charge in [-0.1, -0.05) is 41.9 Å². The first-order valence-electron chi connectivity index (χ1n) is 5.54. The highest BCUT2D eigenvalue weighted by atomic mass is 35.5. The summed E-state index contributed by atoms with van der Waals surface area (Å²) in [5, 5.41) is 0.790. The predicted octanol–water partition coefficient (Wildman–Crippen LogP) is 3.77. The van der Waals surface area contributed by atoms with Crippen LogP contribution >= 0.6 is 11.6 Å². The summed E-state index contributed by atoms with van der Waals surface area (Å²) >= 11 is 5.96. The van der Waals surface area contributed by atoms with Crippen molar-refractivity contribution in [2.24, 2.45) is 0 Å². The van der Waals surface area contributed by atoms with E-state index in [0.717, 1.165) is 22.8 Å². The molecule has 0 aromatic heterocycles. The first kappa shape index (κ1) is 12.0. The Bertz CT molecular complexity index is 483. The molecule has 2 N–H and O–H groups in total. The molecule has 0 saturated carbocycles. The number of hydrogen-bond donors (Lipinski definition) is 2. The molecule has 0 aliphatic heterocycles. The van der Waals surface area contributed by atoms with E-state index in [1.54, 1.807) is 0 Å². The van der Waals surface area contributed by atoms with Crippen LogP contribution in [0.3, 0.4) is 0 Å². The molecule has 0 spiro atoms. The monoisotopic (exact) mass is 246 g/mol. The van der Waals surface area contributed by atoms with Gasteiger partial charge >= 0.3 is 0 Å². The zero-order valence-electron chi connectivity index (χ0n) is 9.70. The zero-order chi connectivity index (χ0) is 12.1. The van der Waals surface area contributed by atoms with Gasteiger partial charge in [-0.05, 0) is 36.2 Å². The van der Waals surface area contributed by atoms with E-state index in [-0.39, 0.29) is 0 Å². The second kappa shape index (κ2) is 5.71. The average molecular weight is 247 g/mol. The molecule has 0 atom stereocenters. The van der Waals surface area contributed by atoms with Crippen molar-refractivity contribution >= 4 is 17.3 Å². The number of benzene rings is 2. The number of aryl methyl sites for hydroxylation is 1. The summed E-state index contributed by atoms with van der Waals surface area (Å²) in [6, 6.07) is 16.1. The largest absolute Gasteiger partial charge is 0.321 e. The number of anilines is 1. The minimum absolute atomic E-state index is 0.780. The van der Waals surface area contributed by atoms with E-state index in [1.807, 2.05) is 43.3 Å². The van der Waals surface area contributed by atoms with E-state index in [1.165, 1.54) is 5.56 Å². The highest BCUT2D eigenvalue weighted by Gasteiger charge is 1.96. The minimum atomic E-state index is 0.780. The summed E-state index contributed by atoms with van der Waals surface area (Å²) < 4.78 is 0. The van der Waals surface area contributed by atoms with Crippen molar-refractivity contribution in [3.8, 4) is 0 Å². The van der Waals surface area contributed by atoms with Crippen LogP contribution in [-0.4, -0.2) is 0 Å². The van der Waals surface area contributed by atoms with Crippen molar-refractivity contribution in [3.05, 3.63) is 64.7 Å². The van der Waals surface area contributed by atoms with Crippen molar-refractivity contribution in [2.45, 2.75) is 13.5 Å². The third-order valence-corrected chi connectivity index (χ3v) is 2.95. The van der Waals surface area contributed by atoms with Crippen molar-refractivity contribution in [3.63, 3.8) is 0 Å². The van der Waals surface area contributed by atoms with Crippen molar-refractivity contribution in [2.75, 3.05) is 5.43 Å². The van der Waals surface area contributed by atoms with Gasteiger partial charge in [0.2, 0.25) is 0 Å². The minimum Gasteiger partial charge on any atom is -0.321 e. The maximum absolute atomic E-state index is 5.96. The summed E-state index contributed by atoms with van der Waals surface area (Å²) in [7, 11) is 0. The van der Waals surface area contributed by atoms with E-state index in [2.05, 4.69) is 23.0 Å². The van der Waals surface area contributed by atoms with Crippen LogP contribution in [0.2, 0.25) is 5.02 Å². The van der Waals surface area contributed by atoms with Crippen LogP contribution in [-0.2, 0) is 6.54 Å². The standard InChI is InChI=1S/C14H15ClN2/c1-11-9-13(7-8-14(11)15)17-16-10-12-5-3-2-4-6-12/h2-9,16-17H,10H2,1H3. The van der Waals surface area contributed by atoms with Crippen LogP contribution in [0.15, 0.2) is 48.5 Å². The summed E-state index contributed by atoms with van der Waals surface area (Å²) in [6.45, 7) is 2.77. The lowest BCUT2D eigenvalue weighted by Gasteiger charge is -2.09. The van der Waals surface area contributed by atoms with Crippen molar-refractivity contribution in [1.82, 2.24) is 5.43 Å². The number of hydrogen-bond acceptors (Lipinski definition) is 2. The van der Waals surface area contributed by atoms with Crippen LogP contribution in [0.1, 0.15) is 11.1 Å². The Balaban J connectivity index is 1.88. The molecule has 0 saturated heterocycles. The predicted molar refractivity (Wildman–Crippen MR) is 73.1 cm³/mol. The Kier molecular flexibility index (Phi) is 4.02. The van der Waals surface area contributed by atoms with Gasteiger partial charge in [-0.25, -0.2) is 5.43 Å². The van der Waals surface area contributed by atoms with E-state index in [4.69, 9.17) is 11.6 Å². The normalized spacial score (nSPS) is 10.2. The summed E-state index contributed by atoms with van der Waals surface area (Å²) in [6.07, 6.45) is 0. The molecular weight excluding hydrogens is 232 g/mol. The summed E-state index contributed by atoms with van der Waals surface area (Å²) in [5.41, 5.74) is 9.65. The molecule has 0 amide bonds. The Hall–Kier alpha value is -1.51. The number of rotatable bonds is 4.